The number of aromatic nitrogens is 1. The Morgan fingerprint density at radius 1 is 1.00 bits per heavy atom. The molecule has 1 N–H and O–H groups in total. The van der Waals surface area contributed by atoms with Crippen molar-refractivity contribution in [2.75, 3.05) is 37.6 Å². The highest BCUT2D eigenvalue weighted by molar-refractivity contribution is 7.16. The zero-order valence-electron chi connectivity index (χ0n) is 15.1. The Morgan fingerprint density at radius 2 is 1.71 bits per heavy atom. The van der Waals surface area contributed by atoms with Gasteiger partial charge in [-0.1, -0.05) is 29.5 Å². The Bertz CT molecular complexity index is 1000. The van der Waals surface area contributed by atoms with Crippen molar-refractivity contribution in [2.45, 2.75) is 12.6 Å². The van der Waals surface area contributed by atoms with Crippen molar-refractivity contribution in [1.29, 1.82) is 0 Å². The van der Waals surface area contributed by atoms with Crippen molar-refractivity contribution < 1.29 is 13.2 Å². The molecule has 4 nitrogen and oxygen atoms in total. The predicted octanol–water partition coefficient (Wildman–Crippen LogP) is 3.97. The number of alkyl halides is 3. The van der Waals surface area contributed by atoms with Gasteiger partial charge in [-0.2, -0.15) is 13.2 Å². The van der Waals surface area contributed by atoms with E-state index in [1.807, 2.05) is 18.2 Å². The third-order valence-corrected chi connectivity index (χ3v) is 5.99. The molecule has 0 radical (unpaired) electrons. The standard InChI is InChI=1S/C20H20F3N3OS/c21-20(22,23)15-6-4-14(5-7-15)8-9-25-10-12-26(13-11-25)16-2-1-3-17-18(16)24-19(27)28-17/h1-7H,8-13H2,(H,24,27). The number of anilines is 1. The second-order valence-electron chi connectivity index (χ2n) is 6.94. The summed E-state index contributed by atoms with van der Waals surface area (Å²) in [5, 5.41) is 0. The zero-order chi connectivity index (χ0) is 19.7. The Balaban J connectivity index is 1.34. The van der Waals surface area contributed by atoms with E-state index >= 15 is 0 Å². The summed E-state index contributed by atoms with van der Waals surface area (Å²) in [6.07, 6.45) is -3.56. The Kier molecular flexibility index (Phi) is 5.16. The second-order valence-corrected chi connectivity index (χ2v) is 7.95. The lowest BCUT2D eigenvalue weighted by atomic mass is 10.1. The number of para-hydroxylation sites is 1. The molecular weight excluding hydrogens is 387 g/mol. The number of thiazole rings is 1. The average Bonchev–Trinajstić information content (AvgIpc) is 3.06. The molecular formula is C20H20F3N3OS. The van der Waals surface area contributed by atoms with Crippen LogP contribution >= 0.6 is 11.3 Å². The van der Waals surface area contributed by atoms with Crippen LogP contribution in [0.4, 0.5) is 18.9 Å². The fourth-order valence-electron chi connectivity index (χ4n) is 3.58. The third-order valence-electron chi connectivity index (χ3n) is 5.14. The van der Waals surface area contributed by atoms with Crippen molar-refractivity contribution in [3.8, 4) is 0 Å². The van der Waals surface area contributed by atoms with E-state index in [4.69, 9.17) is 0 Å². The largest absolute Gasteiger partial charge is 0.416 e. The maximum atomic E-state index is 12.6. The van der Waals surface area contributed by atoms with Gasteiger partial charge in [-0.15, -0.1) is 0 Å². The fourth-order valence-corrected chi connectivity index (χ4v) is 4.34. The van der Waals surface area contributed by atoms with Gasteiger partial charge in [-0.25, -0.2) is 0 Å². The number of rotatable bonds is 4. The molecule has 4 rings (SSSR count). The fraction of sp³-hybridized carbons (Fsp3) is 0.350. The minimum Gasteiger partial charge on any atom is -0.367 e. The normalized spacial score (nSPS) is 16.0. The number of benzene rings is 2. The minimum atomic E-state index is -4.29. The van der Waals surface area contributed by atoms with E-state index in [1.54, 1.807) is 12.1 Å². The van der Waals surface area contributed by atoms with Gasteiger partial charge in [-0.3, -0.25) is 9.69 Å². The van der Waals surface area contributed by atoms with Gasteiger partial charge in [0.15, 0.2) is 0 Å². The molecule has 2 heterocycles. The van der Waals surface area contributed by atoms with E-state index in [9.17, 15) is 18.0 Å². The molecule has 1 aromatic heterocycles. The highest BCUT2D eigenvalue weighted by atomic mass is 32.1. The maximum absolute atomic E-state index is 12.6. The van der Waals surface area contributed by atoms with Crippen molar-refractivity contribution >= 4 is 27.2 Å². The topological polar surface area (TPSA) is 39.3 Å². The number of nitrogens with one attached hydrogen (secondary N) is 1. The summed E-state index contributed by atoms with van der Waals surface area (Å²) < 4.78 is 38.9. The number of piperazine rings is 1. The summed E-state index contributed by atoms with van der Waals surface area (Å²) >= 11 is 1.22. The van der Waals surface area contributed by atoms with Crippen LogP contribution in [0.1, 0.15) is 11.1 Å². The molecule has 3 aromatic rings. The molecule has 1 aliphatic heterocycles. The molecule has 0 saturated carbocycles. The first-order valence-electron chi connectivity index (χ1n) is 9.15. The van der Waals surface area contributed by atoms with Gasteiger partial charge in [0, 0.05) is 32.7 Å². The predicted molar refractivity (Wildman–Crippen MR) is 106 cm³/mol. The lowest BCUT2D eigenvalue weighted by molar-refractivity contribution is -0.137. The molecule has 0 amide bonds. The summed E-state index contributed by atoms with van der Waals surface area (Å²) in [5.41, 5.74) is 2.26. The first-order chi connectivity index (χ1) is 13.4. The SMILES string of the molecule is O=c1[nH]c2c(N3CCN(CCc4ccc(C(F)(F)F)cc4)CC3)cccc2s1. The van der Waals surface area contributed by atoms with Crippen LogP contribution in [-0.4, -0.2) is 42.6 Å². The Morgan fingerprint density at radius 3 is 2.39 bits per heavy atom. The van der Waals surface area contributed by atoms with Crippen LogP contribution in [0.15, 0.2) is 47.3 Å². The van der Waals surface area contributed by atoms with Crippen LogP contribution in [0.5, 0.6) is 0 Å². The number of hydrogen-bond acceptors (Lipinski definition) is 4. The number of nitrogens with zero attached hydrogens (tertiary/aromatic N) is 2. The van der Waals surface area contributed by atoms with Crippen molar-refractivity contribution in [3.63, 3.8) is 0 Å². The van der Waals surface area contributed by atoms with E-state index in [0.29, 0.717) is 0 Å². The summed E-state index contributed by atoms with van der Waals surface area (Å²) in [5.74, 6) is 0. The first-order valence-corrected chi connectivity index (χ1v) is 9.97. The Hall–Kier alpha value is -2.32. The highest BCUT2D eigenvalue weighted by Crippen LogP contribution is 2.29. The van der Waals surface area contributed by atoms with E-state index in [-0.39, 0.29) is 4.87 Å². The molecule has 8 heteroatoms. The van der Waals surface area contributed by atoms with Gasteiger partial charge >= 0.3 is 11.0 Å². The van der Waals surface area contributed by atoms with Crippen molar-refractivity contribution in [3.05, 3.63) is 63.3 Å². The van der Waals surface area contributed by atoms with Crippen LogP contribution in [0.2, 0.25) is 0 Å². The number of hydrogen-bond donors (Lipinski definition) is 1. The molecule has 1 saturated heterocycles. The molecule has 0 bridgehead atoms. The van der Waals surface area contributed by atoms with Gasteiger partial charge in [0.05, 0.1) is 21.5 Å². The number of aromatic amines is 1. The summed E-state index contributed by atoms with van der Waals surface area (Å²) in [6, 6.07) is 11.4. The molecule has 148 valence electrons. The van der Waals surface area contributed by atoms with Crippen LogP contribution in [0.3, 0.4) is 0 Å². The van der Waals surface area contributed by atoms with Gasteiger partial charge < -0.3 is 9.88 Å². The molecule has 0 aliphatic carbocycles. The third kappa shape index (κ3) is 4.07. The van der Waals surface area contributed by atoms with Gasteiger partial charge in [-0.05, 0) is 36.2 Å². The van der Waals surface area contributed by atoms with Crippen LogP contribution < -0.4 is 9.77 Å². The summed E-state index contributed by atoms with van der Waals surface area (Å²) in [6.45, 7) is 4.28. The van der Waals surface area contributed by atoms with E-state index in [0.717, 1.165) is 72.7 Å². The van der Waals surface area contributed by atoms with Gasteiger partial charge in [0.2, 0.25) is 0 Å². The molecule has 0 atom stereocenters. The molecule has 1 fully saturated rings. The van der Waals surface area contributed by atoms with Crippen molar-refractivity contribution in [2.24, 2.45) is 0 Å². The summed E-state index contributed by atoms with van der Waals surface area (Å²) in [7, 11) is 0. The molecule has 28 heavy (non-hydrogen) atoms. The second kappa shape index (κ2) is 7.60. The molecule has 0 unspecified atom stereocenters. The summed E-state index contributed by atoms with van der Waals surface area (Å²) in [4.78, 5) is 19.1. The zero-order valence-corrected chi connectivity index (χ0v) is 15.9. The van der Waals surface area contributed by atoms with Gasteiger partial charge in [0.1, 0.15) is 0 Å². The molecule has 0 spiro atoms. The van der Waals surface area contributed by atoms with Crippen LogP contribution in [0, 0.1) is 0 Å². The average molecular weight is 407 g/mol. The van der Waals surface area contributed by atoms with Gasteiger partial charge in [0.25, 0.3) is 0 Å². The molecule has 1 aliphatic rings. The monoisotopic (exact) mass is 407 g/mol. The Labute approximate surface area is 164 Å². The number of halogens is 3. The van der Waals surface area contributed by atoms with Crippen LogP contribution in [0.25, 0.3) is 10.2 Å². The minimum absolute atomic E-state index is 0.0439. The first kappa shape index (κ1) is 19.0. The highest BCUT2D eigenvalue weighted by Gasteiger charge is 2.30. The smallest absolute Gasteiger partial charge is 0.367 e. The lowest BCUT2D eigenvalue weighted by Gasteiger charge is -2.36. The number of H-pyrrole nitrogens is 1. The van der Waals surface area contributed by atoms with E-state index < -0.39 is 11.7 Å². The van der Waals surface area contributed by atoms with Crippen molar-refractivity contribution in [1.82, 2.24) is 9.88 Å². The van der Waals surface area contributed by atoms with Crippen LogP contribution in [-0.2, 0) is 12.6 Å². The lowest BCUT2D eigenvalue weighted by Crippen LogP contribution is -2.47. The van der Waals surface area contributed by atoms with E-state index in [2.05, 4.69) is 14.8 Å². The van der Waals surface area contributed by atoms with E-state index in [1.165, 1.54) is 11.3 Å². The maximum Gasteiger partial charge on any atom is 0.416 e. The molecule has 2 aromatic carbocycles. The number of fused-ring (bicyclic) bond motifs is 1. The quantitative estimate of drug-likeness (QED) is 0.711.